The first-order chi connectivity index (χ1) is 13.7. The van der Waals surface area contributed by atoms with Crippen LogP contribution in [-0.4, -0.2) is 53.4 Å². The van der Waals surface area contributed by atoms with Gasteiger partial charge >= 0.3 is 0 Å². The van der Waals surface area contributed by atoms with E-state index >= 15 is 0 Å². The molecule has 0 radical (unpaired) electrons. The molecule has 1 amide bonds. The molecule has 3 heterocycles. The predicted molar refractivity (Wildman–Crippen MR) is 112 cm³/mol. The van der Waals surface area contributed by atoms with E-state index in [0.717, 1.165) is 43.4 Å². The number of nitrogens with zero attached hydrogens (tertiary/aromatic N) is 3. The van der Waals surface area contributed by atoms with Crippen LogP contribution in [0.25, 0.3) is 10.6 Å². The molecule has 0 spiro atoms. The largest absolute Gasteiger partial charge is 0.325 e. The van der Waals surface area contributed by atoms with Gasteiger partial charge in [0.25, 0.3) is 0 Å². The van der Waals surface area contributed by atoms with Crippen molar-refractivity contribution in [2.24, 2.45) is 0 Å². The van der Waals surface area contributed by atoms with Gasteiger partial charge in [-0.3, -0.25) is 14.6 Å². The summed E-state index contributed by atoms with van der Waals surface area (Å²) in [5.74, 6) is -0.378. The Morgan fingerprint density at radius 2 is 1.82 bits per heavy atom. The Labute approximate surface area is 171 Å². The fraction of sp³-hybridized carbons (Fsp3) is 0.300. The second-order valence-corrected chi connectivity index (χ2v) is 8.40. The predicted octanol–water partition coefficient (Wildman–Crippen LogP) is 3.77. The number of anilines is 1. The standard InChI is InChI=1S/C20H21FN4OS2/c21-16-1-3-17(4-2-16)22-19(26)12-25-8-6-24(7-9-25)11-18-14-28-20(23-18)15-5-10-27-13-15/h1-5,10,13-14H,6-9,11-12H2,(H,22,26). The van der Waals surface area contributed by atoms with Gasteiger partial charge in [0.1, 0.15) is 10.8 Å². The van der Waals surface area contributed by atoms with Crippen molar-refractivity contribution in [1.29, 1.82) is 0 Å². The zero-order valence-electron chi connectivity index (χ0n) is 15.3. The molecule has 0 unspecified atom stereocenters. The molecule has 28 heavy (non-hydrogen) atoms. The van der Waals surface area contributed by atoms with E-state index in [1.165, 1.54) is 17.7 Å². The van der Waals surface area contributed by atoms with E-state index in [2.05, 4.69) is 37.3 Å². The Morgan fingerprint density at radius 3 is 2.54 bits per heavy atom. The van der Waals surface area contributed by atoms with Crippen molar-refractivity contribution in [2.75, 3.05) is 38.0 Å². The number of benzene rings is 1. The second-order valence-electron chi connectivity index (χ2n) is 6.76. The highest BCUT2D eigenvalue weighted by Gasteiger charge is 2.20. The quantitative estimate of drug-likeness (QED) is 0.665. The topological polar surface area (TPSA) is 48.5 Å². The number of piperazine rings is 1. The van der Waals surface area contributed by atoms with E-state index in [0.29, 0.717) is 12.2 Å². The summed E-state index contributed by atoms with van der Waals surface area (Å²) < 4.78 is 12.9. The molecule has 1 fully saturated rings. The summed E-state index contributed by atoms with van der Waals surface area (Å²) in [4.78, 5) is 21.5. The van der Waals surface area contributed by atoms with E-state index in [4.69, 9.17) is 4.98 Å². The molecule has 1 aliphatic heterocycles. The van der Waals surface area contributed by atoms with Gasteiger partial charge in [0.05, 0.1) is 12.2 Å². The van der Waals surface area contributed by atoms with Crippen molar-refractivity contribution < 1.29 is 9.18 Å². The van der Waals surface area contributed by atoms with Gasteiger partial charge in [-0.2, -0.15) is 11.3 Å². The fourth-order valence-corrected chi connectivity index (χ4v) is 4.69. The van der Waals surface area contributed by atoms with Gasteiger partial charge < -0.3 is 5.32 Å². The molecule has 2 aromatic heterocycles. The number of hydrogen-bond acceptors (Lipinski definition) is 6. The van der Waals surface area contributed by atoms with E-state index in [9.17, 15) is 9.18 Å². The van der Waals surface area contributed by atoms with Crippen molar-refractivity contribution in [1.82, 2.24) is 14.8 Å². The molecule has 8 heteroatoms. The fourth-order valence-electron chi connectivity index (χ4n) is 3.17. The van der Waals surface area contributed by atoms with Crippen LogP contribution in [0.1, 0.15) is 5.69 Å². The minimum atomic E-state index is -0.309. The molecular weight excluding hydrogens is 395 g/mol. The first-order valence-corrected chi connectivity index (χ1v) is 10.9. The summed E-state index contributed by atoms with van der Waals surface area (Å²) in [6.07, 6.45) is 0. The number of aromatic nitrogens is 1. The van der Waals surface area contributed by atoms with E-state index in [1.807, 2.05) is 0 Å². The molecule has 3 aromatic rings. The van der Waals surface area contributed by atoms with Crippen molar-refractivity contribution >= 4 is 34.3 Å². The zero-order chi connectivity index (χ0) is 19.3. The van der Waals surface area contributed by atoms with Gasteiger partial charge in [-0.05, 0) is 35.7 Å². The van der Waals surface area contributed by atoms with Gasteiger partial charge in [-0.15, -0.1) is 11.3 Å². The normalized spacial score (nSPS) is 15.6. The smallest absolute Gasteiger partial charge is 0.238 e. The molecule has 0 atom stereocenters. The molecule has 5 nitrogen and oxygen atoms in total. The monoisotopic (exact) mass is 416 g/mol. The van der Waals surface area contributed by atoms with Crippen LogP contribution in [0, 0.1) is 5.82 Å². The van der Waals surface area contributed by atoms with Crippen LogP contribution in [0.4, 0.5) is 10.1 Å². The summed E-state index contributed by atoms with van der Waals surface area (Å²) in [7, 11) is 0. The van der Waals surface area contributed by atoms with E-state index in [1.54, 1.807) is 34.8 Å². The summed E-state index contributed by atoms with van der Waals surface area (Å²) in [6, 6.07) is 7.93. The third-order valence-corrected chi connectivity index (χ3v) is 6.29. The molecule has 1 N–H and O–H groups in total. The number of rotatable bonds is 6. The maximum absolute atomic E-state index is 12.9. The molecule has 1 aliphatic rings. The van der Waals surface area contributed by atoms with Crippen molar-refractivity contribution in [3.63, 3.8) is 0 Å². The number of thiophene rings is 1. The third kappa shape index (κ3) is 5.02. The summed E-state index contributed by atoms with van der Waals surface area (Å²) in [5.41, 5.74) is 2.92. The number of carbonyl (C=O) groups excluding carboxylic acids is 1. The lowest BCUT2D eigenvalue weighted by Gasteiger charge is -2.33. The highest BCUT2D eigenvalue weighted by Crippen LogP contribution is 2.26. The summed E-state index contributed by atoms with van der Waals surface area (Å²) in [5, 5.41) is 10.2. The second kappa shape index (κ2) is 8.91. The van der Waals surface area contributed by atoms with Gasteiger partial charge in [-0.25, -0.2) is 9.37 Å². The molecule has 1 aromatic carbocycles. The third-order valence-electron chi connectivity index (χ3n) is 4.67. The average Bonchev–Trinajstić information content (AvgIpc) is 3.37. The minimum absolute atomic E-state index is 0.0695. The van der Waals surface area contributed by atoms with Gasteiger partial charge in [-0.1, -0.05) is 0 Å². The lowest BCUT2D eigenvalue weighted by molar-refractivity contribution is -0.117. The van der Waals surface area contributed by atoms with Crippen LogP contribution >= 0.6 is 22.7 Å². The maximum Gasteiger partial charge on any atom is 0.238 e. The molecule has 146 valence electrons. The van der Waals surface area contributed by atoms with E-state index < -0.39 is 0 Å². The van der Waals surface area contributed by atoms with Gasteiger partial charge in [0.2, 0.25) is 5.91 Å². The number of carbonyl (C=O) groups is 1. The minimum Gasteiger partial charge on any atom is -0.325 e. The molecular formula is C20H21FN4OS2. The lowest BCUT2D eigenvalue weighted by atomic mass is 10.2. The highest BCUT2D eigenvalue weighted by molar-refractivity contribution is 7.14. The van der Waals surface area contributed by atoms with Crippen LogP contribution < -0.4 is 5.32 Å². The van der Waals surface area contributed by atoms with Crippen molar-refractivity contribution in [3.8, 4) is 10.6 Å². The summed E-state index contributed by atoms with van der Waals surface area (Å²) >= 11 is 3.38. The number of nitrogens with one attached hydrogen (secondary N) is 1. The Hall–Kier alpha value is -2.13. The number of thiazole rings is 1. The molecule has 0 bridgehead atoms. The number of amides is 1. The first-order valence-electron chi connectivity index (χ1n) is 9.13. The van der Waals surface area contributed by atoms with Crippen LogP contribution in [0.3, 0.4) is 0 Å². The number of hydrogen-bond donors (Lipinski definition) is 1. The van der Waals surface area contributed by atoms with Gasteiger partial charge in [0.15, 0.2) is 0 Å². The first kappa shape index (κ1) is 19.2. The zero-order valence-corrected chi connectivity index (χ0v) is 16.9. The lowest BCUT2D eigenvalue weighted by Crippen LogP contribution is -2.48. The molecule has 0 saturated carbocycles. The van der Waals surface area contributed by atoms with Gasteiger partial charge in [0, 0.05) is 54.7 Å². The molecule has 1 saturated heterocycles. The van der Waals surface area contributed by atoms with Crippen molar-refractivity contribution in [3.05, 3.63) is 58.0 Å². The van der Waals surface area contributed by atoms with Crippen molar-refractivity contribution in [2.45, 2.75) is 6.54 Å². The SMILES string of the molecule is O=C(CN1CCN(Cc2csc(-c3ccsc3)n2)CC1)Nc1ccc(F)cc1. The Balaban J connectivity index is 1.22. The van der Waals surface area contributed by atoms with Crippen LogP contribution in [0.5, 0.6) is 0 Å². The maximum atomic E-state index is 12.9. The van der Waals surface area contributed by atoms with Crippen LogP contribution in [0.2, 0.25) is 0 Å². The average molecular weight is 417 g/mol. The summed E-state index contributed by atoms with van der Waals surface area (Å²) in [6.45, 7) is 4.71. The Morgan fingerprint density at radius 1 is 1.07 bits per heavy atom. The Bertz CT molecular complexity index is 903. The van der Waals surface area contributed by atoms with Crippen LogP contribution in [0.15, 0.2) is 46.5 Å². The Kier molecular flexibility index (Phi) is 6.11. The molecule has 4 rings (SSSR count). The highest BCUT2D eigenvalue weighted by atomic mass is 32.1. The van der Waals surface area contributed by atoms with E-state index in [-0.39, 0.29) is 11.7 Å². The van der Waals surface area contributed by atoms with Crippen LogP contribution in [-0.2, 0) is 11.3 Å². The number of halogens is 1. The molecule has 0 aliphatic carbocycles.